The molecule has 0 aliphatic heterocycles. The molecule has 1 atom stereocenters. The lowest BCUT2D eigenvalue weighted by Gasteiger charge is -2.17. The molecule has 0 radical (unpaired) electrons. The number of ether oxygens (including phenoxy) is 2. The Kier molecular flexibility index (Phi) is 5.49. The predicted octanol–water partition coefficient (Wildman–Crippen LogP) is 2.48. The zero-order valence-electron chi connectivity index (χ0n) is 15.8. The maximum absolute atomic E-state index is 12.6. The Labute approximate surface area is 161 Å². The first kappa shape index (κ1) is 19.2. The molecule has 3 rings (SSSR count). The lowest BCUT2D eigenvalue weighted by molar-refractivity contribution is -0.140. The van der Waals surface area contributed by atoms with Gasteiger partial charge in [-0.2, -0.15) is 5.10 Å². The van der Waals surface area contributed by atoms with Crippen LogP contribution in [0, 0.1) is 6.92 Å². The number of H-pyrrole nitrogens is 2. The summed E-state index contributed by atoms with van der Waals surface area (Å²) in [5.74, 6) is -0.737. The van der Waals surface area contributed by atoms with Crippen molar-refractivity contribution in [2.24, 2.45) is 0 Å². The van der Waals surface area contributed by atoms with Gasteiger partial charge in [0.25, 0.3) is 5.56 Å². The number of aryl methyl sites for hydroxylation is 1. The summed E-state index contributed by atoms with van der Waals surface area (Å²) < 4.78 is 9.98. The van der Waals surface area contributed by atoms with Crippen LogP contribution in [0.4, 0.5) is 0 Å². The molecule has 3 aromatic rings. The normalized spacial score (nSPS) is 11.8. The van der Waals surface area contributed by atoms with Gasteiger partial charge in [0.1, 0.15) is 11.5 Å². The first-order chi connectivity index (χ1) is 13.4. The molecule has 3 N–H and O–H groups in total. The summed E-state index contributed by atoms with van der Waals surface area (Å²) in [6.07, 6.45) is 1.42. The number of hydrogen-bond acceptors (Lipinski definition) is 6. The molecular formula is C20H21N3O5. The molecule has 0 unspecified atom stereocenters. The van der Waals surface area contributed by atoms with E-state index < -0.39 is 17.4 Å². The number of hydrogen-bond donors (Lipinski definition) is 3. The van der Waals surface area contributed by atoms with E-state index in [4.69, 9.17) is 9.47 Å². The third-order valence-electron chi connectivity index (χ3n) is 4.55. The first-order valence-corrected chi connectivity index (χ1v) is 8.61. The van der Waals surface area contributed by atoms with E-state index in [1.54, 1.807) is 32.4 Å². The van der Waals surface area contributed by atoms with Crippen molar-refractivity contribution in [3.05, 3.63) is 63.7 Å². The van der Waals surface area contributed by atoms with E-state index in [1.807, 2.05) is 12.1 Å². The number of methoxy groups -OCH3 is 2. The van der Waals surface area contributed by atoms with Crippen LogP contribution in [-0.4, -0.2) is 40.5 Å². The standard InChI is InChI=1S/C20H21N3O5/c1-11-8-16(24)18(20(26)22-11)14(9-17(25)28-3)15-10-21-23-19(15)12-4-6-13(27-2)7-5-12/h4-8,10,14H,9H2,1-3H3,(H,21,23)(H2,22,24,26)/t14-/m0/s1. The van der Waals surface area contributed by atoms with Gasteiger partial charge < -0.3 is 19.6 Å². The number of aromatic hydroxyl groups is 1. The van der Waals surface area contributed by atoms with Gasteiger partial charge in [-0.3, -0.25) is 14.7 Å². The van der Waals surface area contributed by atoms with Gasteiger partial charge in [-0.1, -0.05) is 0 Å². The van der Waals surface area contributed by atoms with Crippen molar-refractivity contribution in [2.45, 2.75) is 19.3 Å². The number of benzene rings is 1. The minimum Gasteiger partial charge on any atom is -0.507 e. The summed E-state index contributed by atoms with van der Waals surface area (Å²) in [7, 11) is 2.86. The second-order valence-electron chi connectivity index (χ2n) is 6.34. The zero-order valence-corrected chi connectivity index (χ0v) is 15.8. The van der Waals surface area contributed by atoms with E-state index in [0.717, 1.165) is 5.56 Å². The van der Waals surface area contributed by atoms with Gasteiger partial charge in [0.2, 0.25) is 0 Å². The highest BCUT2D eigenvalue weighted by Gasteiger charge is 2.28. The van der Waals surface area contributed by atoms with Crippen molar-refractivity contribution < 1.29 is 19.4 Å². The highest BCUT2D eigenvalue weighted by molar-refractivity contribution is 5.73. The molecular weight excluding hydrogens is 362 g/mol. The van der Waals surface area contributed by atoms with Crippen molar-refractivity contribution in [1.29, 1.82) is 0 Å². The Morgan fingerprint density at radius 2 is 1.96 bits per heavy atom. The van der Waals surface area contributed by atoms with Crippen LogP contribution in [-0.2, 0) is 9.53 Å². The van der Waals surface area contributed by atoms with E-state index in [2.05, 4.69) is 15.2 Å². The van der Waals surface area contributed by atoms with E-state index in [1.165, 1.54) is 13.2 Å². The fraction of sp³-hybridized carbons (Fsp3) is 0.250. The minimum atomic E-state index is -0.743. The molecule has 0 bridgehead atoms. The number of pyridine rings is 1. The molecule has 0 spiro atoms. The summed E-state index contributed by atoms with van der Waals surface area (Å²) in [5.41, 5.74) is 2.17. The van der Waals surface area contributed by atoms with Crippen LogP contribution >= 0.6 is 0 Å². The zero-order chi connectivity index (χ0) is 20.3. The predicted molar refractivity (Wildman–Crippen MR) is 103 cm³/mol. The molecule has 0 amide bonds. The number of aromatic nitrogens is 3. The van der Waals surface area contributed by atoms with E-state index >= 15 is 0 Å². The summed E-state index contributed by atoms with van der Waals surface area (Å²) in [5, 5.41) is 17.4. The number of rotatable bonds is 6. The average Bonchev–Trinajstić information content (AvgIpc) is 3.16. The van der Waals surface area contributed by atoms with Crippen molar-refractivity contribution in [3.8, 4) is 22.8 Å². The molecule has 8 nitrogen and oxygen atoms in total. The second kappa shape index (κ2) is 7.99. The van der Waals surface area contributed by atoms with E-state index in [-0.39, 0.29) is 17.7 Å². The van der Waals surface area contributed by atoms with Crippen molar-refractivity contribution in [3.63, 3.8) is 0 Å². The van der Waals surface area contributed by atoms with Gasteiger partial charge in [0, 0.05) is 22.7 Å². The lowest BCUT2D eigenvalue weighted by atomic mass is 9.87. The molecule has 2 heterocycles. The Bertz CT molecular complexity index is 1040. The van der Waals surface area contributed by atoms with E-state index in [9.17, 15) is 14.7 Å². The van der Waals surface area contributed by atoms with Gasteiger partial charge in [-0.15, -0.1) is 0 Å². The van der Waals surface area contributed by atoms with E-state index in [0.29, 0.717) is 22.7 Å². The molecule has 2 aromatic heterocycles. The molecule has 28 heavy (non-hydrogen) atoms. The van der Waals surface area contributed by atoms with Gasteiger partial charge in [0.05, 0.1) is 38.1 Å². The second-order valence-corrected chi connectivity index (χ2v) is 6.34. The van der Waals surface area contributed by atoms with Crippen molar-refractivity contribution in [1.82, 2.24) is 15.2 Å². The third kappa shape index (κ3) is 3.75. The van der Waals surface area contributed by atoms with Gasteiger partial charge in [-0.25, -0.2) is 0 Å². The van der Waals surface area contributed by atoms with Crippen LogP contribution in [0.3, 0.4) is 0 Å². The van der Waals surface area contributed by atoms with Crippen LogP contribution in [0.2, 0.25) is 0 Å². The minimum absolute atomic E-state index is 0.0900. The lowest BCUT2D eigenvalue weighted by Crippen LogP contribution is -2.21. The highest BCUT2D eigenvalue weighted by atomic mass is 16.5. The number of carbonyl (C=O) groups is 1. The smallest absolute Gasteiger partial charge is 0.306 e. The maximum atomic E-state index is 12.6. The van der Waals surface area contributed by atoms with Gasteiger partial charge >= 0.3 is 5.97 Å². The van der Waals surface area contributed by atoms with Gasteiger partial charge in [0.15, 0.2) is 0 Å². The summed E-state index contributed by atoms with van der Waals surface area (Å²) in [4.78, 5) is 27.3. The molecule has 0 aliphatic rings. The maximum Gasteiger partial charge on any atom is 0.306 e. The van der Waals surface area contributed by atoms with Gasteiger partial charge in [-0.05, 0) is 37.3 Å². The molecule has 0 aliphatic carbocycles. The topological polar surface area (TPSA) is 117 Å². The monoisotopic (exact) mass is 383 g/mol. The Balaban J connectivity index is 2.14. The fourth-order valence-corrected chi connectivity index (χ4v) is 3.18. The highest BCUT2D eigenvalue weighted by Crippen LogP contribution is 2.37. The Morgan fingerprint density at radius 1 is 1.25 bits per heavy atom. The summed E-state index contributed by atoms with van der Waals surface area (Å²) in [6, 6.07) is 8.72. The molecule has 1 aromatic carbocycles. The van der Waals surface area contributed by atoms with Crippen LogP contribution in [0.5, 0.6) is 11.5 Å². The first-order valence-electron chi connectivity index (χ1n) is 8.61. The number of nitrogens with zero attached hydrogens (tertiary/aromatic N) is 1. The molecule has 0 saturated heterocycles. The third-order valence-corrected chi connectivity index (χ3v) is 4.55. The van der Waals surface area contributed by atoms with Crippen molar-refractivity contribution >= 4 is 5.97 Å². The number of nitrogens with one attached hydrogen (secondary N) is 2. The van der Waals surface area contributed by atoms with Crippen LogP contribution in [0.15, 0.2) is 41.3 Å². The molecule has 0 fully saturated rings. The number of esters is 1. The van der Waals surface area contributed by atoms with Crippen molar-refractivity contribution in [2.75, 3.05) is 14.2 Å². The molecule has 8 heteroatoms. The molecule has 0 saturated carbocycles. The molecule has 146 valence electrons. The quantitative estimate of drug-likeness (QED) is 0.563. The average molecular weight is 383 g/mol. The van der Waals surface area contributed by atoms with Crippen LogP contribution in [0.25, 0.3) is 11.3 Å². The summed E-state index contributed by atoms with van der Waals surface area (Å²) in [6.45, 7) is 1.67. The number of carbonyl (C=O) groups excluding carboxylic acids is 1. The SMILES string of the molecule is COC(=O)C[C@@H](c1cn[nH]c1-c1ccc(OC)cc1)c1c(O)cc(C)[nH]c1=O. The Morgan fingerprint density at radius 3 is 2.57 bits per heavy atom. The van der Waals surface area contributed by atoms with Crippen LogP contribution < -0.4 is 10.3 Å². The number of aromatic amines is 2. The summed E-state index contributed by atoms with van der Waals surface area (Å²) >= 11 is 0. The van der Waals surface area contributed by atoms with Crippen LogP contribution in [0.1, 0.15) is 29.2 Å². The fourth-order valence-electron chi connectivity index (χ4n) is 3.18. The largest absolute Gasteiger partial charge is 0.507 e. The Hall–Kier alpha value is -3.55.